The van der Waals surface area contributed by atoms with E-state index in [2.05, 4.69) is 0 Å². The van der Waals surface area contributed by atoms with Gasteiger partial charge >= 0.3 is 0 Å². The van der Waals surface area contributed by atoms with Crippen LogP contribution in [0.1, 0.15) is 48.1 Å². The fraction of sp³-hybridized carbons (Fsp3) is 0.147. The highest BCUT2D eigenvalue weighted by Crippen LogP contribution is 2.61. The van der Waals surface area contributed by atoms with E-state index in [1.54, 1.807) is 73.8 Å². The summed E-state index contributed by atoms with van der Waals surface area (Å²) in [6.45, 7) is 0. The second-order valence-corrected chi connectivity index (χ2v) is 11.4. The number of nitrogens with zero attached hydrogens (tertiary/aromatic N) is 1. The van der Waals surface area contributed by atoms with Gasteiger partial charge in [0.25, 0.3) is 0 Å². The molecular formula is C34H23Cl2NO4. The Morgan fingerprint density at radius 2 is 1.51 bits per heavy atom. The molecule has 0 bridgehead atoms. The smallest absolute Gasteiger partial charge is 0.185 e. The lowest BCUT2D eigenvalue weighted by Gasteiger charge is -2.37. The molecule has 0 saturated carbocycles. The number of hydrogen-bond donors (Lipinski definition) is 0. The third-order valence-electron chi connectivity index (χ3n) is 8.65. The number of anilines is 1. The summed E-state index contributed by atoms with van der Waals surface area (Å²) in [6, 6.07) is 24.8. The first-order valence-corrected chi connectivity index (χ1v) is 14.0. The molecule has 4 aromatic carbocycles. The number of Topliss-reactive ketones (excluding diaryl/α,β-unsaturated/α-hetero) is 3. The van der Waals surface area contributed by atoms with Crippen LogP contribution in [0.2, 0.25) is 10.0 Å². The number of carbonyl (C=O) groups excluding carboxylic acids is 3. The molecule has 7 rings (SSSR count). The van der Waals surface area contributed by atoms with Crippen molar-refractivity contribution in [1.82, 2.24) is 0 Å². The standard InChI is InChI=1S/C34H23Cl2NO4/c1-41-22-14-10-20(11-15-22)31(38)30-29(25-16-13-21(35)18-26(25)36)34(32(39)23-7-3-4-8-24(23)33(34)40)28-17-12-19-6-2-5-9-27(19)37(28)30/h2-18,28-30H,1H3/t28?,29-,30+/m0/s1. The highest BCUT2D eigenvalue weighted by atomic mass is 35.5. The Balaban J connectivity index is 1.55. The summed E-state index contributed by atoms with van der Waals surface area (Å²) < 4.78 is 5.31. The lowest BCUT2D eigenvalue weighted by Crippen LogP contribution is -2.48. The Bertz CT molecular complexity index is 1760. The van der Waals surface area contributed by atoms with Crippen molar-refractivity contribution in [3.63, 3.8) is 0 Å². The van der Waals surface area contributed by atoms with Gasteiger partial charge in [0.2, 0.25) is 0 Å². The fourth-order valence-corrected chi connectivity index (χ4v) is 7.47. The average Bonchev–Trinajstić information content (AvgIpc) is 3.43. The number of methoxy groups -OCH3 is 1. The molecule has 1 unspecified atom stereocenters. The van der Waals surface area contributed by atoms with E-state index in [9.17, 15) is 14.4 Å². The number of fused-ring (bicyclic) bond motifs is 5. The summed E-state index contributed by atoms with van der Waals surface area (Å²) in [4.78, 5) is 46.0. The summed E-state index contributed by atoms with van der Waals surface area (Å²) in [7, 11) is 1.56. The summed E-state index contributed by atoms with van der Waals surface area (Å²) >= 11 is 13.2. The molecule has 2 heterocycles. The lowest BCUT2D eigenvalue weighted by atomic mass is 9.64. The number of halogens is 2. The second-order valence-electron chi connectivity index (χ2n) is 10.5. The van der Waals surface area contributed by atoms with Crippen LogP contribution in [0.5, 0.6) is 5.75 Å². The molecule has 0 amide bonds. The summed E-state index contributed by atoms with van der Waals surface area (Å²) in [6.07, 6.45) is 3.82. The molecule has 4 aromatic rings. The van der Waals surface area contributed by atoms with Gasteiger partial charge in [-0.3, -0.25) is 14.4 Å². The lowest BCUT2D eigenvalue weighted by molar-refractivity contribution is 0.0666. The monoisotopic (exact) mass is 579 g/mol. The molecule has 3 atom stereocenters. The van der Waals surface area contributed by atoms with Crippen LogP contribution in [0, 0.1) is 5.41 Å². The van der Waals surface area contributed by atoms with Gasteiger partial charge in [-0.05, 0) is 53.6 Å². The van der Waals surface area contributed by atoms with Crippen molar-refractivity contribution in [3.8, 4) is 5.75 Å². The molecule has 202 valence electrons. The number of ether oxygens (including phenoxy) is 1. The maximum atomic E-state index is 14.7. The van der Waals surface area contributed by atoms with E-state index in [4.69, 9.17) is 27.9 Å². The molecule has 5 nitrogen and oxygen atoms in total. The molecule has 7 heteroatoms. The Hall–Kier alpha value is -4.19. The fourth-order valence-electron chi connectivity index (χ4n) is 6.94. The molecule has 1 fully saturated rings. The van der Waals surface area contributed by atoms with E-state index in [0.29, 0.717) is 38.0 Å². The Morgan fingerprint density at radius 3 is 2.17 bits per heavy atom. The maximum absolute atomic E-state index is 14.7. The van der Waals surface area contributed by atoms with E-state index < -0.39 is 23.4 Å². The number of rotatable bonds is 4. The number of para-hydroxylation sites is 1. The van der Waals surface area contributed by atoms with Crippen LogP contribution in [-0.2, 0) is 0 Å². The van der Waals surface area contributed by atoms with Gasteiger partial charge in [-0.2, -0.15) is 0 Å². The average molecular weight is 580 g/mol. The molecule has 1 spiro atoms. The molecule has 0 N–H and O–H groups in total. The molecule has 1 aliphatic carbocycles. The molecule has 41 heavy (non-hydrogen) atoms. The van der Waals surface area contributed by atoms with Crippen LogP contribution in [-0.4, -0.2) is 36.5 Å². The maximum Gasteiger partial charge on any atom is 0.185 e. The first kappa shape index (κ1) is 25.8. The minimum absolute atomic E-state index is 0.229. The zero-order valence-electron chi connectivity index (χ0n) is 21.9. The topological polar surface area (TPSA) is 63.7 Å². The number of benzene rings is 4. The first-order chi connectivity index (χ1) is 19.9. The van der Waals surface area contributed by atoms with Crippen LogP contribution in [0.4, 0.5) is 5.69 Å². The molecule has 3 aliphatic rings. The highest BCUT2D eigenvalue weighted by Gasteiger charge is 2.71. The van der Waals surface area contributed by atoms with Crippen LogP contribution in [0.25, 0.3) is 6.08 Å². The van der Waals surface area contributed by atoms with E-state index >= 15 is 0 Å². The highest BCUT2D eigenvalue weighted by molar-refractivity contribution is 6.36. The third kappa shape index (κ3) is 3.52. The van der Waals surface area contributed by atoms with Crippen molar-refractivity contribution in [2.24, 2.45) is 5.41 Å². The minimum atomic E-state index is -1.63. The Kier molecular flexibility index (Phi) is 5.93. The third-order valence-corrected chi connectivity index (χ3v) is 9.22. The van der Waals surface area contributed by atoms with Crippen molar-refractivity contribution in [2.75, 3.05) is 12.0 Å². The summed E-state index contributed by atoms with van der Waals surface area (Å²) in [5.41, 5.74) is 1.72. The minimum Gasteiger partial charge on any atom is -0.497 e. The normalized spacial score (nSPS) is 21.5. The molecule has 1 saturated heterocycles. The van der Waals surface area contributed by atoms with Gasteiger partial charge in [0.15, 0.2) is 17.3 Å². The molecular weight excluding hydrogens is 557 g/mol. The Morgan fingerprint density at radius 1 is 0.854 bits per heavy atom. The van der Waals surface area contributed by atoms with Gasteiger partial charge in [0.05, 0.1) is 13.2 Å². The van der Waals surface area contributed by atoms with Crippen LogP contribution >= 0.6 is 23.2 Å². The predicted octanol–water partition coefficient (Wildman–Crippen LogP) is 7.32. The number of hydrogen-bond acceptors (Lipinski definition) is 5. The zero-order valence-corrected chi connectivity index (χ0v) is 23.4. The quantitative estimate of drug-likeness (QED) is 0.187. The Labute approximate surface area is 247 Å². The van der Waals surface area contributed by atoms with Crippen molar-refractivity contribution < 1.29 is 19.1 Å². The van der Waals surface area contributed by atoms with Crippen LogP contribution in [0.15, 0.2) is 97.1 Å². The van der Waals surface area contributed by atoms with Gasteiger partial charge in [-0.25, -0.2) is 0 Å². The van der Waals surface area contributed by atoms with E-state index in [-0.39, 0.29) is 17.3 Å². The summed E-state index contributed by atoms with van der Waals surface area (Å²) in [5.74, 6) is -1.14. The van der Waals surface area contributed by atoms with Crippen LogP contribution < -0.4 is 9.64 Å². The van der Waals surface area contributed by atoms with E-state index in [0.717, 1.165) is 11.3 Å². The van der Waals surface area contributed by atoms with Gasteiger partial charge in [0, 0.05) is 38.3 Å². The predicted molar refractivity (Wildman–Crippen MR) is 160 cm³/mol. The molecule has 0 aromatic heterocycles. The van der Waals surface area contributed by atoms with Gasteiger partial charge in [-0.1, -0.05) is 83.9 Å². The zero-order chi connectivity index (χ0) is 28.5. The van der Waals surface area contributed by atoms with E-state index in [1.165, 1.54) is 0 Å². The second kappa shape index (κ2) is 9.44. The van der Waals surface area contributed by atoms with Crippen molar-refractivity contribution in [3.05, 3.63) is 135 Å². The van der Waals surface area contributed by atoms with Crippen molar-refractivity contribution >= 4 is 52.3 Å². The van der Waals surface area contributed by atoms with Gasteiger partial charge < -0.3 is 9.64 Å². The van der Waals surface area contributed by atoms with E-state index in [1.807, 2.05) is 41.3 Å². The van der Waals surface area contributed by atoms with Crippen molar-refractivity contribution in [1.29, 1.82) is 0 Å². The molecule has 2 aliphatic heterocycles. The van der Waals surface area contributed by atoms with Gasteiger partial charge in [0.1, 0.15) is 17.2 Å². The number of carbonyl (C=O) groups is 3. The largest absolute Gasteiger partial charge is 0.497 e. The summed E-state index contributed by atoms with van der Waals surface area (Å²) in [5, 5.41) is 0.710. The SMILES string of the molecule is COc1ccc(C(=O)[C@H]2[C@H](c3ccc(Cl)cc3Cl)C3(C(=O)c4ccccc4C3=O)C3C=Cc4ccccc4N32)cc1. The molecule has 0 radical (unpaired) electrons. The van der Waals surface area contributed by atoms with Crippen molar-refractivity contribution in [2.45, 2.75) is 18.0 Å². The number of ketones is 3. The first-order valence-electron chi connectivity index (χ1n) is 13.3. The van der Waals surface area contributed by atoms with Crippen LogP contribution in [0.3, 0.4) is 0 Å². The van der Waals surface area contributed by atoms with Gasteiger partial charge in [-0.15, -0.1) is 0 Å².